The summed E-state index contributed by atoms with van der Waals surface area (Å²) in [5.74, 6) is -1.55. The predicted octanol–water partition coefficient (Wildman–Crippen LogP) is 35.4. The van der Waals surface area contributed by atoms with Crippen LogP contribution in [0, 0.1) is 0 Å². The van der Waals surface area contributed by atoms with E-state index in [0.29, 0.717) is 19.3 Å². The van der Waals surface area contributed by atoms with Gasteiger partial charge >= 0.3 is 33.6 Å². The van der Waals surface area contributed by atoms with Crippen LogP contribution in [-0.4, -0.2) is 95.9 Å². The first-order chi connectivity index (χ1) is 65.2. The molecule has 0 aromatic heterocycles. The Morgan fingerprint density at radius 3 is 0.594 bits per heavy atom. The molecule has 4 N–H and O–H groups in total. The number of aliphatic hydroxyl groups is 2. The number of carbonyl (C=O) groups excluding carboxylic acids is 3. The molecule has 0 amide bonds. The van der Waals surface area contributed by atoms with Gasteiger partial charge in [0, 0.05) is 19.3 Å². The highest BCUT2D eigenvalue weighted by atomic mass is 31.2. The first-order valence-corrected chi connectivity index (χ1v) is 58.1. The number of rotatable bonds is 105. The van der Waals surface area contributed by atoms with Gasteiger partial charge in [0.1, 0.15) is 25.4 Å². The fourth-order valence-electron chi connectivity index (χ4n) is 15.6. The second-order valence-corrected chi connectivity index (χ2v) is 40.0. The van der Waals surface area contributed by atoms with Gasteiger partial charge in [-0.15, -0.1) is 0 Å². The molecule has 0 saturated heterocycles. The summed E-state index contributed by atoms with van der Waals surface area (Å²) in [4.78, 5) is 59.3. The monoisotopic (exact) mass is 1900 g/mol. The van der Waals surface area contributed by atoms with Crippen LogP contribution in [0.4, 0.5) is 0 Å². The van der Waals surface area contributed by atoms with Crippen LogP contribution in [0.1, 0.15) is 509 Å². The first-order valence-electron chi connectivity index (χ1n) is 55.1. The van der Waals surface area contributed by atoms with E-state index in [1.807, 2.05) is 0 Å². The van der Waals surface area contributed by atoms with E-state index in [4.69, 9.17) is 32.3 Å². The molecule has 0 spiro atoms. The molecule has 0 saturated carbocycles. The Labute approximate surface area is 817 Å². The number of esters is 3. The molecule has 0 heterocycles. The van der Waals surface area contributed by atoms with E-state index < -0.39 is 91.5 Å². The van der Waals surface area contributed by atoms with Gasteiger partial charge in [-0.25, -0.2) is 9.13 Å². The fourth-order valence-corrected chi connectivity index (χ4v) is 17.2. The molecule has 16 nitrogen and oxygen atoms in total. The molecular weight excluding hydrogens is 1700 g/mol. The topological polar surface area (TPSA) is 231 Å². The number of hydrogen-bond acceptors (Lipinski definition) is 14. The summed E-state index contributed by atoms with van der Waals surface area (Å²) in [7, 11) is -9.82. The SMILES string of the molecule is CCCCC/C=C\C/C=C\C/C=C\C/C=C\CCCCCCCCCCCCCCCCCCCCCC(=O)OCC(O)COP(=O)(O)OCC(O)COP(=O)(O)OCC(COC(=O)CCCCCCCCCCCCCCCCC/C=C\C/C=C\C/C=C\C/C=C\CCCCC)OC(=O)CCCCCCCCCCCCCCCCC/C=C\C/C=C\C/C=C\C/C=C\CCCCC. The van der Waals surface area contributed by atoms with Gasteiger partial charge in [0.2, 0.25) is 0 Å². The smallest absolute Gasteiger partial charge is 0.463 e. The van der Waals surface area contributed by atoms with E-state index in [-0.39, 0.29) is 19.3 Å². The number of unbranched alkanes of at least 4 members (excludes halogenated alkanes) is 58. The minimum Gasteiger partial charge on any atom is -0.463 e. The Bertz CT molecular complexity index is 3000. The Balaban J connectivity index is 4.58. The maximum absolute atomic E-state index is 13.2. The van der Waals surface area contributed by atoms with E-state index in [1.165, 1.54) is 327 Å². The van der Waals surface area contributed by atoms with Crippen LogP contribution in [0.3, 0.4) is 0 Å². The summed E-state index contributed by atoms with van der Waals surface area (Å²) < 4.78 is 61.8. The molecule has 5 unspecified atom stereocenters. The largest absolute Gasteiger partial charge is 0.472 e. The molecule has 133 heavy (non-hydrogen) atoms. The average Bonchev–Trinajstić information content (AvgIpc) is 0.896. The molecule has 18 heteroatoms. The van der Waals surface area contributed by atoms with E-state index in [0.717, 1.165) is 122 Å². The summed E-state index contributed by atoms with van der Waals surface area (Å²) in [6.07, 6.45) is 138. The fraction of sp³-hybridized carbons (Fsp3) is 0.765. The molecule has 0 aliphatic rings. The molecule has 0 rings (SSSR count). The number of allylic oxidation sites excluding steroid dienone is 24. The third kappa shape index (κ3) is 108. The average molecular weight is 1900 g/mol. The van der Waals surface area contributed by atoms with Crippen molar-refractivity contribution in [2.75, 3.05) is 39.6 Å². The first kappa shape index (κ1) is 128. The Morgan fingerprint density at radius 1 is 0.211 bits per heavy atom. The molecule has 0 radical (unpaired) electrons. The van der Waals surface area contributed by atoms with Crippen molar-refractivity contribution in [3.63, 3.8) is 0 Å². The summed E-state index contributed by atoms with van der Waals surface area (Å²) in [6.45, 7) is 2.71. The van der Waals surface area contributed by atoms with Crippen LogP contribution in [0.2, 0.25) is 0 Å². The van der Waals surface area contributed by atoms with Crippen molar-refractivity contribution in [3.8, 4) is 0 Å². The maximum atomic E-state index is 13.2. The van der Waals surface area contributed by atoms with Crippen LogP contribution < -0.4 is 0 Å². The van der Waals surface area contributed by atoms with E-state index in [9.17, 15) is 43.5 Å². The van der Waals surface area contributed by atoms with E-state index >= 15 is 0 Å². The molecule has 0 aliphatic heterocycles. The molecule has 0 aromatic carbocycles. The van der Waals surface area contributed by atoms with Crippen LogP contribution in [0.15, 0.2) is 146 Å². The van der Waals surface area contributed by atoms with Crippen molar-refractivity contribution >= 4 is 33.6 Å². The molecular formula is C115H204O16P2. The van der Waals surface area contributed by atoms with Gasteiger partial charge in [0.15, 0.2) is 6.10 Å². The number of ether oxygens (including phenoxy) is 3. The predicted molar refractivity (Wildman–Crippen MR) is 565 cm³/mol. The summed E-state index contributed by atoms with van der Waals surface area (Å²) in [5.41, 5.74) is 0. The number of carbonyl (C=O) groups is 3. The lowest BCUT2D eigenvalue weighted by Crippen LogP contribution is -2.30. The van der Waals surface area contributed by atoms with Crippen molar-refractivity contribution in [2.24, 2.45) is 0 Å². The Hall–Kier alpha value is -4.57. The number of aliphatic hydroxyl groups excluding tert-OH is 2. The summed E-state index contributed by atoms with van der Waals surface area (Å²) in [5, 5.41) is 20.8. The van der Waals surface area contributed by atoms with Crippen molar-refractivity contribution in [1.82, 2.24) is 0 Å². The van der Waals surface area contributed by atoms with Crippen LogP contribution in [0.25, 0.3) is 0 Å². The molecule has 0 aliphatic carbocycles. The second kappa shape index (κ2) is 106. The van der Waals surface area contributed by atoms with Crippen LogP contribution in [-0.2, 0) is 55.8 Å². The minimum atomic E-state index is -4.95. The van der Waals surface area contributed by atoms with E-state index in [2.05, 4.69) is 167 Å². The van der Waals surface area contributed by atoms with Gasteiger partial charge in [0.05, 0.1) is 26.4 Å². The normalized spacial score (nSPS) is 14.1. The zero-order chi connectivity index (χ0) is 96.4. The lowest BCUT2D eigenvalue weighted by atomic mass is 10.0. The second-order valence-electron chi connectivity index (χ2n) is 37.1. The van der Waals surface area contributed by atoms with Crippen LogP contribution >= 0.6 is 15.6 Å². The van der Waals surface area contributed by atoms with E-state index in [1.54, 1.807) is 0 Å². The molecule has 0 bridgehead atoms. The van der Waals surface area contributed by atoms with Gasteiger partial charge in [-0.05, 0) is 154 Å². The third-order valence-electron chi connectivity index (χ3n) is 24.0. The highest BCUT2D eigenvalue weighted by Crippen LogP contribution is 2.45. The molecule has 0 fully saturated rings. The third-order valence-corrected chi connectivity index (χ3v) is 25.9. The lowest BCUT2D eigenvalue weighted by Gasteiger charge is -2.21. The van der Waals surface area contributed by atoms with Crippen molar-refractivity contribution < 1.29 is 75.8 Å². The van der Waals surface area contributed by atoms with Crippen LogP contribution in [0.5, 0.6) is 0 Å². The zero-order valence-electron chi connectivity index (χ0n) is 85.7. The number of hydrogen-bond donors (Lipinski definition) is 4. The van der Waals surface area contributed by atoms with Gasteiger partial charge in [-0.3, -0.25) is 32.5 Å². The maximum Gasteiger partial charge on any atom is 0.472 e. The lowest BCUT2D eigenvalue weighted by molar-refractivity contribution is -0.161. The number of phosphoric ester groups is 2. The minimum absolute atomic E-state index is 0.104. The summed E-state index contributed by atoms with van der Waals surface area (Å²) in [6, 6.07) is 0. The van der Waals surface area contributed by atoms with Gasteiger partial charge < -0.3 is 34.2 Å². The van der Waals surface area contributed by atoms with Gasteiger partial charge in [0.25, 0.3) is 0 Å². The van der Waals surface area contributed by atoms with Crippen molar-refractivity contribution in [3.05, 3.63) is 146 Å². The van der Waals surface area contributed by atoms with Gasteiger partial charge in [-0.2, -0.15) is 0 Å². The molecule has 5 atom stereocenters. The summed E-state index contributed by atoms with van der Waals surface area (Å²) >= 11 is 0. The quantitative estimate of drug-likeness (QED) is 0.0146. The molecule has 770 valence electrons. The number of phosphoric acid groups is 2. The highest BCUT2D eigenvalue weighted by Gasteiger charge is 2.30. The van der Waals surface area contributed by atoms with Gasteiger partial charge in [-0.1, -0.05) is 481 Å². The van der Waals surface area contributed by atoms with Crippen molar-refractivity contribution in [1.29, 1.82) is 0 Å². The zero-order valence-corrected chi connectivity index (χ0v) is 87.4. The van der Waals surface area contributed by atoms with Crippen molar-refractivity contribution in [2.45, 2.75) is 527 Å². The molecule has 0 aromatic rings. The Kier molecular flexibility index (Phi) is 103. The Morgan fingerprint density at radius 2 is 0.376 bits per heavy atom. The highest BCUT2D eigenvalue weighted by molar-refractivity contribution is 7.47. The standard InChI is InChI=1S/C115H204O16P2/c1-4-7-10-13-16-19-22-25-28-31-34-37-40-43-46-49-52-53-54-55-58-60-62-65-68-71-74-77-80-83-86-89-92-95-98-101-113(118)125-104-110(116)105-127-132(121,122)128-106-111(117)107-129-133(123,124)130-109-112(131-115(120)103-100-97-94-91-88-85-82-79-76-73-70-67-64-61-57-51-48-45-42-39-36-33-30-27-24-21-18-15-12-9-6-3)108-126-114(119)102-99-96-93-90-87-84-81-78-75-72-69-66-63-59-56-50-47-44-41-38-35-32-29-26-23-20-17-14-11-8-5-2/h16-21,25-30,34-39,43-48,110-112,116-117H,4-15,22-24,31-33,40-42,49-109H2,1-3H3,(H,121,122)(H,123,124)/b19-16-,20-17-,21-18-,28-25-,29-26-,30-27-,37-34-,38-35-,39-36-,46-43-,47-44-,48-45-.